The number of H-pyrrole nitrogens is 1. The lowest BCUT2D eigenvalue weighted by Gasteiger charge is -2.07. The summed E-state index contributed by atoms with van der Waals surface area (Å²) in [5.41, 5.74) is 7.08. The number of sulfonamides is 1. The molecule has 7 nitrogen and oxygen atoms in total. The van der Waals surface area contributed by atoms with E-state index in [1.807, 2.05) is 0 Å². The summed E-state index contributed by atoms with van der Waals surface area (Å²) in [6, 6.07) is 2.90. The third-order valence-corrected chi connectivity index (χ3v) is 3.96. The Bertz CT molecular complexity index is 677. The van der Waals surface area contributed by atoms with Crippen LogP contribution < -0.4 is 10.5 Å². The van der Waals surface area contributed by atoms with Gasteiger partial charge < -0.3 is 5.73 Å². The molecule has 0 aliphatic heterocycles. The molecule has 0 atom stereocenters. The Morgan fingerprint density at radius 3 is 2.67 bits per heavy atom. The minimum absolute atomic E-state index is 0.0464. The van der Waals surface area contributed by atoms with Crippen molar-refractivity contribution in [3.8, 4) is 0 Å². The van der Waals surface area contributed by atoms with E-state index < -0.39 is 10.0 Å². The lowest BCUT2D eigenvalue weighted by atomic mass is 10.3. The first-order valence-electron chi connectivity index (χ1n) is 5.16. The number of hydrogen-bond donors (Lipinski definition) is 3. The first-order valence-corrected chi connectivity index (χ1v) is 6.65. The highest BCUT2D eigenvalue weighted by molar-refractivity contribution is 7.92. The quantitative estimate of drug-likeness (QED) is 0.761. The van der Waals surface area contributed by atoms with Crippen molar-refractivity contribution in [1.29, 1.82) is 0 Å². The molecule has 2 aromatic heterocycles. The Kier molecular flexibility index (Phi) is 2.95. The van der Waals surface area contributed by atoms with Crippen LogP contribution in [-0.4, -0.2) is 23.6 Å². The highest BCUT2D eigenvalue weighted by Crippen LogP contribution is 2.21. The molecule has 4 N–H and O–H groups in total. The van der Waals surface area contributed by atoms with E-state index in [0.29, 0.717) is 0 Å². The first kappa shape index (κ1) is 12.4. The smallest absolute Gasteiger partial charge is 0.266 e. The van der Waals surface area contributed by atoms with Crippen molar-refractivity contribution in [3.05, 3.63) is 29.6 Å². The number of anilines is 2. The van der Waals surface area contributed by atoms with Gasteiger partial charge in [0.05, 0.1) is 0 Å². The summed E-state index contributed by atoms with van der Waals surface area (Å²) in [4.78, 5) is 3.68. The molecular weight excluding hydrogens is 254 g/mol. The summed E-state index contributed by atoms with van der Waals surface area (Å²) in [5.74, 6) is 0.214. The van der Waals surface area contributed by atoms with Gasteiger partial charge in [0.1, 0.15) is 10.7 Å². The number of hydrogen-bond acceptors (Lipinski definition) is 5. The van der Waals surface area contributed by atoms with Gasteiger partial charge in [-0.3, -0.25) is 9.82 Å². The molecule has 0 saturated carbocycles. The number of nitrogen functional groups attached to an aromatic ring is 1. The molecule has 0 amide bonds. The predicted octanol–water partition coefficient (Wildman–Crippen LogP) is 0.805. The van der Waals surface area contributed by atoms with Crippen molar-refractivity contribution in [2.45, 2.75) is 18.7 Å². The number of rotatable bonds is 3. The topological polar surface area (TPSA) is 114 Å². The van der Waals surface area contributed by atoms with Crippen LogP contribution >= 0.6 is 0 Å². The van der Waals surface area contributed by atoms with Crippen LogP contribution in [0.25, 0.3) is 0 Å². The van der Waals surface area contributed by atoms with Crippen molar-refractivity contribution >= 4 is 21.7 Å². The minimum atomic E-state index is -3.77. The summed E-state index contributed by atoms with van der Waals surface area (Å²) < 4.78 is 26.6. The molecule has 18 heavy (non-hydrogen) atoms. The summed E-state index contributed by atoms with van der Waals surface area (Å²) in [6.07, 6.45) is 1.43. The van der Waals surface area contributed by atoms with E-state index in [-0.39, 0.29) is 16.5 Å². The van der Waals surface area contributed by atoms with Crippen LogP contribution in [-0.2, 0) is 10.0 Å². The Hall–Kier alpha value is -2.09. The maximum Gasteiger partial charge on any atom is 0.266 e. The van der Waals surface area contributed by atoms with Crippen molar-refractivity contribution in [3.63, 3.8) is 0 Å². The SMILES string of the molecule is Cc1[nH]nc(NS(=O)(=O)c2cccnc2N)c1C. The van der Waals surface area contributed by atoms with E-state index in [2.05, 4.69) is 19.9 Å². The third kappa shape index (κ3) is 2.14. The van der Waals surface area contributed by atoms with Crippen LogP contribution in [0.1, 0.15) is 11.3 Å². The number of nitrogens with one attached hydrogen (secondary N) is 2. The monoisotopic (exact) mass is 267 g/mol. The average Bonchev–Trinajstić information content (AvgIpc) is 2.61. The van der Waals surface area contributed by atoms with Gasteiger partial charge in [-0.05, 0) is 26.0 Å². The van der Waals surface area contributed by atoms with Gasteiger partial charge in [0, 0.05) is 17.5 Å². The fraction of sp³-hybridized carbons (Fsp3) is 0.200. The van der Waals surface area contributed by atoms with E-state index in [9.17, 15) is 8.42 Å². The number of aromatic nitrogens is 3. The van der Waals surface area contributed by atoms with Gasteiger partial charge in [0.15, 0.2) is 5.82 Å². The fourth-order valence-corrected chi connectivity index (χ4v) is 2.55. The number of aromatic amines is 1. The zero-order valence-corrected chi connectivity index (χ0v) is 10.7. The van der Waals surface area contributed by atoms with Gasteiger partial charge >= 0.3 is 0 Å². The van der Waals surface area contributed by atoms with Gasteiger partial charge in [0.2, 0.25) is 0 Å². The van der Waals surface area contributed by atoms with Gasteiger partial charge in [-0.25, -0.2) is 13.4 Å². The predicted molar refractivity (Wildman–Crippen MR) is 67.5 cm³/mol. The van der Waals surface area contributed by atoms with Crippen LogP contribution in [0.5, 0.6) is 0 Å². The van der Waals surface area contributed by atoms with Crippen LogP contribution in [0, 0.1) is 13.8 Å². The lowest BCUT2D eigenvalue weighted by molar-refractivity contribution is 0.601. The molecule has 0 aliphatic rings. The van der Waals surface area contributed by atoms with Crippen LogP contribution in [0.4, 0.5) is 11.6 Å². The molecule has 8 heteroatoms. The molecule has 0 radical (unpaired) electrons. The van der Waals surface area contributed by atoms with Gasteiger partial charge in [-0.15, -0.1) is 0 Å². The fourth-order valence-electron chi connectivity index (χ4n) is 1.40. The number of nitrogens with zero attached hydrogens (tertiary/aromatic N) is 2. The lowest BCUT2D eigenvalue weighted by Crippen LogP contribution is -2.16. The summed E-state index contributed by atoms with van der Waals surface area (Å²) in [7, 11) is -3.77. The van der Waals surface area contributed by atoms with E-state index >= 15 is 0 Å². The van der Waals surface area contributed by atoms with E-state index in [0.717, 1.165) is 11.3 Å². The zero-order valence-electron chi connectivity index (χ0n) is 9.93. The highest BCUT2D eigenvalue weighted by Gasteiger charge is 2.20. The largest absolute Gasteiger partial charge is 0.383 e. The van der Waals surface area contributed by atoms with Gasteiger partial charge in [-0.2, -0.15) is 5.10 Å². The molecule has 0 saturated heterocycles. The Morgan fingerprint density at radius 2 is 2.11 bits per heavy atom. The summed E-state index contributed by atoms with van der Waals surface area (Å²) in [5, 5.41) is 6.58. The number of nitrogens with two attached hydrogens (primary N) is 1. The van der Waals surface area contributed by atoms with E-state index in [1.165, 1.54) is 18.3 Å². The molecule has 96 valence electrons. The highest BCUT2D eigenvalue weighted by atomic mass is 32.2. The van der Waals surface area contributed by atoms with Crippen molar-refractivity contribution < 1.29 is 8.42 Å². The van der Waals surface area contributed by atoms with Gasteiger partial charge in [-0.1, -0.05) is 0 Å². The summed E-state index contributed by atoms with van der Waals surface area (Å²) >= 11 is 0. The minimum Gasteiger partial charge on any atom is -0.383 e. The molecule has 0 bridgehead atoms. The maximum atomic E-state index is 12.1. The molecule has 2 heterocycles. The first-order chi connectivity index (χ1) is 8.42. The molecule has 0 aromatic carbocycles. The molecule has 0 unspecified atom stereocenters. The van der Waals surface area contributed by atoms with E-state index in [1.54, 1.807) is 13.8 Å². The maximum absolute atomic E-state index is 12.1. The van der Waals surface area contributed by atoms with E-state index in [4.69, 9.17) is 5.73 Å². The zero-order chi connectivity index (χ0) is 13.3. The molecule has 2 aromatic rings. The second kappa shape index (κ2) is 4.30. The van der Waals surface area contributed by atoms with Crippen LogP contribution in [0.15, 0.2) is 23.2 Å². The van der Waals surface area contributed by atoms with Gasteiger partial charge in [0.25, 0.3) is 10.0 Å². The number of aryl methyl sites for hydroxylation is 1. The Morgan fingerprint density at radius 1 is 1.39 bits per heavy atom. The molecule has 0 spiro atoms. The van der Waals surface area contributed by atoms with Crippen molar-refractivity contribution in [2.24, 2.45) is 0 Å². The molecular formula is C10H13N5O2S. The standard InChI is InChI=1S/C10H13N5O2S/c1-6-7(2)13-14-10(6)15-18(16,17)8-4-3-5-12-9(8)11/h3-5H,1-2H3,(H2,11,12)(H2,13,14,15). The Balaban J connectivity index is 2.40. The van der Waals surface area contributed by atoms with Crippen LogP contribution in [0.2, 0.25) is 0 Å². The second-order valence-electron chi connectivity index (χ2n) is 3.81. The molecule has 0 fully saturated rings. The second-order valence-corrected chi connectivity index (χ2v) is 5.47. The van der Waals surface area contributed by atoms with Crippen molar-refractivity contribution in [2.75, 3.05) is 10.5 Å². The third-order valence-electron chi connectivity index (χ3n) is 2.57. The summed E-state index contributed by atoms with van der Waals surface area (Å²) in [6.45, 7) is 3.57. The normalized spacial score (nSPS) is 11.4. The van der Waals surface area contributed by atoms with Crippen molar-refractivity contribution in [1.82, 2.24) is 15.2 Å². The number of pyridine rings is 1. The molecule has 0 aliphatic carbocycles. The van der Waals surface area contributed by atoms with Crippen LogP contribution in [0.3, 0.4) is 0 Å². The Labute approximate surface area is 104 Å². The average molecular weight is 267 g/mol. The molecule has 2 rings (SSSR count).